The van der Waals surface area contributed by atoms with Crippen LogP contribution in [0.25, 0.3) is 0 Å². The van der Waals surface area contributed by atoms with Crippen molar-refractivity contribution in [1.82, 2.24) is 0 Å². The molecule has 19 heavy (non-hydrogen) atoms. The van der Waals surface area contributed by atoms with Gasteiger partial charge in [0.15, 0.2) is 0 Å². The fourth-order valence-electron chi connectivity index (χ4n) is 1.63. The number of nitrogens with two attached hydrogens (primary N) is 1. The lowest BCUT2D eigenvalue weighted by Gasteiger charge is -2.13. The van der Waals surface area contributed by atoms with Crippen LogP contribution < -0.4 is 15.2 Å². The first-order valence-corrected chi connectivity index (χ1v) is 8.03. The van der Waals surface area contributed by atoms with Crippen molar-refractivity contribution in [2.75, 3.05) is 17.1 Å². The maximum atomic E-state index is 11.9. The number of ether oxygens (including phenoxy) is 1. The Hall–Kier alpha value is -1.34. The van der Waals surface area contributed by atoms with Crippen molar-refractivity contribution in [3.8, 4) is 5.75 Å². The van der Waals surface area contributed by atoms with Crippen LogP contribution in [0.1, 0.15) is 12.8 Å². The molecule has 5 nitrogen and oxygen atoms in total. The van der Waals surface area contributed by atoms with E-state index >= 15 is 0 Å². The minimum absolute atomic E-state index is 0.0801. The predicted octanol–water partition coefficient (Wildman–Crippen LogP) is 1.50. The molecular formula is C12H16N2O3S2. The minimum Gasteiger partial charge on any atom is -0.484 e. The quantitative estimate of drug-likeness (QED) is 0.746. The Morgan fingerprint density at radius 2 is 2.11 bits per heavy atom. The molecule has 0 bridgehead atoms. The van der Waals surface area contributed by atoms with Gasteiger partial charge in [-0.1, -0.05) is 24.4 Å². The minimum atomic E-state index is -3.33. The molecule has 0 unspecified atom stereocenters. The van der Waals surface area contributed by atoms with Crippen molar-refractivity contribution in [3.05, 3.63) is 24.3 Å². The lowest BCUT2D eigenvalue weighted by atomic mass is 10.3. The zero-order valence-corrected chi connectivity index (χ0v) is 12.0. The third-order valence-corrected chi connectivity index (χ3v) is 4.23. The predicted molar refractivity (Wildman–Crippen MR) is 78.9 cm³/mol. The number of sulfonamides is 1. The van der Waals surface area contributed by atoms with Crippen molar-refractivity contribution in [1.29, 1.82) is 0 Å². The summed E-state index contributed by atoms with van der Waals surface area (Å²) in [6.07, 6.45) is 1.97. The van der Waals surface area contributed by atoms with Gasteiger partial charge >= 0.3 is 0 Å². The molecule has 1 aromatic carbocycles. The molecule has 0 radical (unpaired) electrons. The first-order chi connectivity index (χ1) is 8.96. The topological polar surface area (TPSA) is 81.4 Å². The van der Waals surface area contributed by atoms with E-state index in [1.54, 1.807) is 24.3 Å². The maximum Gasteiger partial charge on any atom is 0.233 e. The summed E-state index contributed by atoms with van der Waals surface area (Å²) in [5.41, 5.74) is 5.78. The van der Waals surface area contributed by atoms with Gasteiger partial charge in [-0.05, 0) is 30.9 Å². The van der Waals surface area contributed by atoms with E-state index in [9.17, 15) is 8.42 Å². The normalized spacial score (nSPS) is 14.9. The van der Waals surface area contributed by atoms with E-state index < -0.39 is 10.0 Å². The van der Waals surface area contributed by atoms with Gasteiger partial charge in [0.1, 0.15) is 17.3 Å². The molecule has 7 heteroatoms. The van der Waals surface area contributed by atoms with Crippen LogP contribution in [0.4, 0.5) is 5.69 Å². The molecule has 2 rings (SSSR count). The SMILES string of the molecule is NC(=S)COc1ccccc1NS(=O)(=O)CC1CC1. The molecule has 0 heterocycles. The second-order valence-corrected chi connectivity index (χ2v) is 6.87. The number of hydrogen-bond acceptors (Lipinski definition) is 4. The highest BCUT2D eigenvalue weighted by molar-refractivity contribution is 7.92. The number of benzene rings is 1. The van der Waals surface area contributed by atoms with Gasteiger partial charge in [0.05, 0.1) is 11.4 Å². The van der Waals surface area contributed by atoms with Gasteiger partial charge in [0.2, 0.25) is 10.0 Å². The lowest BCUT2D eigenvalue weighted by Crippen LogP contribution is -2.20. The van der Waals surface area contributed by atoms with Gasteiger partial charge in [-0.3, -0.25) is 4.72 Å². The number of rotatable bonds is 7. The molecule has 104 valence electrons. The Labute approximate surface area is 118 Å². The van der Waals surface area contributed by atoms with Crippen LogP contribution >= 0.6 is 12.2 Å². The molecule has 1 aromatic rings. The Bertz CT molecular complexity index is 568. The summed E-state index contributed by atoms with van der Waals surface area (Å²) in [6.45, 7) is 0.0801. The Balaban J connectivity index is 2.08. The molecule has 1 aliphatic rings. The van der Waals surface area contributed by atoms with Crippen molar-refractivity contribution in [2.45, 2.75) is 12.8 Å². The van der Waals surface area contributed by atoms with E-state index in [1.165, 1.54) is 0 Å². The Kier molecular flexibility index (Phi) is 4.26. The van der Waals surface area contributed by atoms with Crippen molar-refractivity contribution < 1.29 is 13.2 Å². The van der Waals surface area contributed by atoms with Gasteiger partial charge in [0.25, 0.3) is 0 Å². The van der Waals surface area contributed by atoms with Crippen LogP contribution in [-0.4, -0.2) is 25.8 Å². The van der Waals surface area contributed by atoms with Crippen LogP contribution in [0, 0.1) is 5.92 Å². The number of para-hydroxylation sites is 2. The summed E-state index contributed by atoms with van der Waals surface area (Å²) in [6, 6.07) is 6.82. The molecule has 0 amide bonds. The number of nitrogens with one attached hydrogen (secondary N) is 1. The van der Waals surface area contributed by atoms with Gasteiger partial charge < -0.3 is 10.5 Å². The second kappa shape index (κ2) is 5.75. The highest BCUT2D eigenvalue weighted by Gasteiger charge is 2.28. The maximum absolute atomic E-state index is 11.9. The molecule has 1 saturated carbocycles. The molecule has 3 N–H and O–H groups in total. The molecule has 0 saturated heterocycles. The van der Waals surface area contributed by atoms with Gasteiger partial charge in [-0.25, -0.2) is 8.42 Å². The van der Waals surface area contributed by atoms with E-state index in [-0.39, 0.29) is 17.3 Å². The smallest absolute Gasteiger partial charge is 0.233 e. The fraction of sp³-hybridized carbons (Fsp3) is 0.417. The van der Waals surface area contributed by atoms with Crippen molar-refractivity contribution >= 4 is 32.9 Å². The molecule has 0 atom stereocenters. The molecule has 0 aliphatic heterocycles. The Morgan fingerprint density at radius 3 is 2.74 bits per heavy atom. The van der Waals surface area contributed by atoms with Crippen molar-refractivity contribution in [3.63, 3.8) is 0 Å². The van der Waals surface area contributed by atoms with Crippen LogP contribution in [0.2, 0.25) is 0 Å². The van der Waals surface area contributed by atoms with Crippen LogP contribution in [-0.2, 0) is 10.0 Å². The first kappa shape index (κ1) is 14.1. The average Bonchev–Trinajstić information content (AvgIpc) is 3.10. The summed E-state index contributed by atoms with van der Waals surface area (Å²) >= 11 is 4.73. The van der Waals surface area contributed by atoms with E-state index in [0.29, 0.717) is 17.4 Å². The van der Waals surface area contributed by atoms with Gasteiger partial charge in [-0.15, -0.1) is 0 Å². The highest BCUT2D eigenvalue weighted by Crippen LogP contribution is 2.32. The monoisotopic (exact) mass is 300 g/mol. The van der Waals surface area contributed by atoms with Gasteiger partial charge in [-0.2, -0.15) is 0 Å². The van der Waals surface area contributed by atoms with Crippen molar-refractivity contribution in [2.24, 2.45) is 11.7 Å². The molecule has 0 spiro atoms. The summed E-state index contributed by atoms with van der Waals surface area (Å²) in [5, 5.41) is 0. The summed E-state index contributed by atoms with van der Waals surface area (Å²) in [5.74, 6) is 0.883. The van der Waals surface area contributed by atoms with E-state index in [2.05, 4.69) is 4.72 Å². The second-order valence-electron chi connectivity index (χ2n) is 4.58. The lowest BCUT2D eigenvalue weighted by molar-refractivity contribution is 0.379. The standard InChI is InChI=1S/C12H16N2O3S2/c13-12(18)7-17-11-4-2-1-3-10(11)14-19(15,16)8-9-5-6-9/h1-4,9,14H,5-8H2,(H2,13,18). The molecule has 1 fully saturated rings. The zero-order valence-electron chi connectivity index (χ0n) is 10.3. The number of hydrogen-bond donors (Lipinski definition) is 2. The number of anilines is 1. The Morgan fingerprint density at radius 1 is 1.42 bits per heavy atom. The zero-order chi connectivity index (χ0) is 13.9. The third-order valence-electron chi connectivity index (χ3n) is 2.67. The van der Waals surface area contributed by atoms with Gasteiger partial charge in [0, 0.05) is 0 Å². The average molecular weight is 300 g/mol. The molecule has 0 aromatic heterocycles. The van der Waals surface area contributed by atoms with E-state index in [4.69, 9.17) is 22.7 Å². The largest absolute Gasteiger partial charge is 0.484 e. The number of thiocarbonyl (C=S) groups is 1. The summed E-state index contributed by atoms with van der Waals surface area (Å²) in [7, 11) is -3.33. The van der Waals surface area contributed by atoms with Crippen LogP contribution in [0.5, 0.6) is 5.75 Å². The summed E-state index contributed by atoms with van der Waals surface area (Å²) < 4.78 is 31.8. The summed E-state index contributed by atoms with van der Waals surface area (Å²) in [4.78, 5) is 0.218. The third kappa shape index (κ3) is 4.68. The first-order valence-electron chi connectivity index (χ1n) is 5.97. The highest BCUT2D eigenvalue weighted by atomic mass is 32.2. The molecule has 1 aliphatic carbocycles. The van der Waals surface area contributed by atoms with E-state index in [0.717, 1.165) is 12.8 Å². The fourth-order valence-corrected chi connectivity index (χ4v) is 3.23. The van der Waals surface area contributed by atoms with Crippen LogP contribution in [0.3, 0.4) is 0 Å². The molecular weight excluding hydrogens is 284 g/mol. The van der Waals surface area contributed by atoms with E-state index in [1.807, 2.05) is 0 Å². The van der Waals surface area contributed by atoms with Crippen LogP contribution in [0.15, 0.2) is 24.3 Å².